The van der Waals surface area contributed by atoms with Crippen molar-refractivity contribution in [3.8, 4) is 0 Å². The lowest BCUT2D eigenvalue weighted by molar-refractivity contribution is -0.127. The predicted molar refractivity (Wildman–Crippen MR) is 160 cm³/mol. The lowest BCUT2D eigenvalue weighted by Gasteiger charge is -2.42. The number of rotatable bonds is 7. The molecule has 3 aliphatic heterocycles. The van der Waals surface area contributed by atoms with E-state index in [2.05, 4.69) is 41.4 Å². The molecule has 3 fully saturated rings. The Kier molecular flexibility index (Phi) is 11.1. The molecule has 5 atom stereocenters. The molecular formula is C30H53ClN6O2. The summed E-state index contributed by atoms with van der Waals surface area (Å²) in [5.74, 6) is 0.409. The van der Waals surface area contributed by atoms with Crippen molar-refractivity contribution in [3.05, 3.63) is 11.3 Å². The minimum atomic E-state index is -0.788. The molecule has 1 amide bonds. The van der Waals surface area contributed by atoms with Gasteiger partial charge in [0.15, 0.2) is 0 Å². The normalized spacial score (nSPS) is 31.6. The van der Waals surface area contributed by atoms with Gasteiger partial charge >= 0.3 is 0 Å². The summed E-state index contributed by atoms with van der Waals surface area (Å²) in [5.41, 5.74) is 14.1. The fraction of sp³-hybridized carbons (Fsp3) is 0.867. The number of nitrogens with one attached hydrogen (secondary N) is 2. The van der Waals surface area contributed by atoms with E-state index in [1.54, 1.807) is 0 Å². The van der Waals surface area contributed by atoms with Gasteiger partial charge in [-0.05, 0) is 75.4 Å². The van der Waals surface area contributed by atoms with Gasteiger partial charge in [-0.25, -0.2) is 0 Å². The first-order valence-corrected chi connectivity index (χ1v) is 15.9. The second-order valence-corrected chi connectivity index (χ2v) is 13.7. The highest BCUT2D eigenvalue weighted by Gasteiger charge is 2.42. The number of dihydropyridines is 1. The summed E-state index contributed by atoms with van der Waals surface area (Å²) in [5, 5.41) is 6.95. The number of aliphatic imine (C=N–C) groups is 1. The van der Waals surface area contributed by atoms with Gasteiger partial charge in [0.05, 0.1) is 18.6 Å². The largest absolute Gasteiger partial charge is 0.491 e. The third-order valence-corrected chi connectivity index (χ3v) is 9.91. The molecule has 0 radical (unpaired) electrons. The first-order valence-electron chi connectivity index (χ1n) is 15.4. The van der Waals surface area contributed by atoms with E-state index in [9.17, 15) is 4.79 Å². The smallest absolute Gasteiger partial charge is 0.228 e. The molecule has 222 valence electrons. The Labute approximate surface area is 241 Å². The Morgan fingerprint density at radius 2 is 1.92 bits per heavy atom. The van der Waals surface area contributed by atoms with Crippen LogP contribution >= 0.6 is 11.6 Å². The van der Waals surface area contributed by atoms with Crippen LogP contribution in [0.15, 0.2) is 16.3 Å². The number of hydrogen-bond acceptors (Lipinski definition) is 7. The monoisotopic (exact) mass is 564 g/mol. The van der Waals surface area contributed by atoms with Gasteiger partial charge < -0.3 is 31.7 Å². The standard InChI is InChI=1S/C30H53ClN6O2/c1-20(2)23-17-34-18-25(27(23)39-22-9-8-14-37(3)19-22)36-29(38)26(28(32)33)24-15-30(11-6-4-5-7-12-30)13-10-21(31)16-35-24/h18,20-22,24-26,28,35H,4-17,19,32-33H2,1-3H3,(H,36,38). The van der Waals surface area contributed by atoms with Crippen molar-refractivity contribution in [2.45, 2.75) is 114 Å². The molecule has 1 aliphatic carbocycles. The second kappa shape index (κ2) is 14.1. The molecule has 0 aromatic rings. The van der Waals surface area contributed by atoms with E-state index < -0.39 is 18.1 Å². The highest BCUT2D eigenvalue weighted by atomic mass is 35.5. The molecule has 39 heavy (non-hydrogen) atoms. The van der Waals surface area contributed by atoms with E-state index in [1.807, 2.05) is 6.21 Å². The molecule has 5 unspecified atom stereocenters. The Bertz CT molecular complexity index is 870. The van der Waals surface area contributed by atoms with Crippen LogP contribution in [-0.2, 0) is 9.53 Å². The Morgan fingerprint density at radius 1 is 1.18 bits per heavy atom. The lowest BCUT2D eigenvalue weighted by Crippen LogP contribution is -2.60. The molecule has 2 saturated heterocycles. The van der Waals surface area contributed by atoms with Gasteiger partial charge in [0.25, 0.3) is 0 Å². The zero-order chi connectivity index (χ0) is 28.0. The van der Waals surface area contributed by atoms with Crippen molar-refractivity contribution in [1.29, 1.82) is 0 Å². The number of likely N-dealkylation sites (N-methyl/N-ethyl adjacent to an activating group) is 1. The highest BCUT2D eigenvalue weighted by Crippen LogP contribution is 2.45. The molecule has 4 aliphatic rings. The number of ether oxygens (including phenoxy) is 1. The number of nitrogens with zero attached hydrogens (tertiary/aromatic N) is 2. The molecule has 3 heterocycles. The zero-order valence-corrected chi connectivity index (χ0v) is 25.2. The maximum absolute atomic E-state index is 14.0. The predicted octanol–water partition coefficient (Wildman–Crippen LogP) is 3.53. The van der Waals surface area contributed by atoms with E-state index >= 15 is 0 Å². The molecule has 1 saturated carbocycles. The number of halogens is 1. The summed E-state index contributed by atoms with van der Waals surface area (Å²) >= 11 is 6.72. The van der Waals surface area contributed by atoms with Crippen LogP contribution in [0, 0.1) is 17.3 Å². The van der Waals surface area contributed by atoms with Crippen LogP contribution in [0.25, 0.3) is 0 Å². The number of alkyl halides is 1. The van der Waals surface area contributed by atoms with Gasteiger partial charge in [-0.2, -0.15) is 0 Å². The number of piperidine rings is 1. The Morgan fingerprint density at radius 3 is 2.59 bits per heavy atom. The quantitative estimate of drug-likeness (QED) is 0.277. The van der Waals surface area contributed by atoms with Crippen LogP contribution in [0.2, 0.25) is 0 Å². The summed E-state index contributed by atoms with van der Waals surface area (Å²) < 4.78 is 6.67. The number of amides is 1. The summed E-state index contributed by atoms with van der Waals surface area (Å²) in [6.45, 7) is 7.56. The third-order valence-electron chi connectivity index (χ3n) is 9.54. The van der Waals surface area contributed by atoms with Crippen LogP contribution in [-0.4, -0.2) is 80.0 Å². The molecule has 0 aromatic heterocycles. The number of carbonyl (C=O) groups is 1. The van der Waals surface area contributed by atoms with E-state index in [1.165, 1.54) is 38.5 Å². The van der Waals surface area contributed by atoms with E-state index in [-0.39, 0.29) is 34.8 Å². The SMILES string of the molecule is CC(C)C1=C(OC2CCCN(C)C2)C(NC(=O)C(C(N)N)C2CC3(CCCCCC3)CCC(Cl)CN2)C=NC1. The molecule has 1 spiro atoms. The average Bonchev–Trinajstić information content (AvgIpc) is 3.12. The van der Waals surface area contributed by atoms with E-state index in [0.717, 1.165) is 56.5 Å². The number of carbonyl (C=O) groups excluding carboxylic acids is 1. The summed E-state index contributed by atoms with van der Waals surface area (Å²) in [4.78, 5) is 21.0. The van der Waals surface area contributed by atoms with Crippen molar-refractivity contribution in [1.82, 2.24) is 15.5 Å². The van der Waals surface area contributed by atoms with Crippen molar-refractivity contribution in [2.24, 2.45) is 33.7 Å². The van der Waals surface area contributed by atoms with Gasteiger partial charge in [-0.1, -0.05) is 39.5 Å². The van der Waals surface area contributed by atoms with Gasteiger partial charge in [-0.3, -0.25) is 9.79 Å². The molecule has 8 nitrogen and oxygen atoms in total. The van der Waals surface area contributed by atoms with Crippen LogP contribution in [0.1, 0.15) is 84.5 Å². The van der Waals surface area contributed by atoms with Crippen LogP contribution in [0.5, 0.6) is 0 Å². The molecule has 4 rings (SSSR count). The summed E-state index contributed by atoms with van der Waals surface area (Å²) in [6, 6.07) is -0.548. The van der Waals surface area contributed by atoms with Crippen molar-refractivity contribution in [3.63, 3.8) is 0 Å². The van der Waals surface area contributed by atoms with Crippen molar-refractivity contribution < 1.29 is 9.53 Å². The first-order chi connectivity index (χ1) is 18.7. The second-order valence-electron chi connectivity index (χ2n) is 13.0. The molecule has 0 aromatic carbocycles. The summed E-state index contributed by atoms with van der Waals surface area (Å²) in [6.07, 6.45) is 13.7. The number of likely N-dealkylation sites (tertiary alicyclic amines) is 1. The topological polar surface area (TPSA) is 118 Å². The molecule has 9 heteroatoms. The van der Waals surface area contributed by atoms with Crippen LogP contribution in [0.4, 0.5) is 0 Å². The van der Waals surface area contributed by atoms with Crippen LogP contribution in [0.3, 0.4) is 0 Å². The number of hydrogen-bond donors (Lipinski definition) is 4. The summed E-state index contributed by atoms with van der Waals surface area (Å²) in [7, 11) is 2.14. The maximum atomic E-state index is 14.0. The van der Waals surface area contributed by atoms with Crippen molar-refractivity contribution >= 4 is 23.7 Å². The molecule has 0 bridgehead atoms. The third kappa shape index (κ3) is 8.19. The highest BCUT2D eigenvalue weighted by molar-refractivity contribution is 6.20. The van der Waals surface area contributed by atoms with Gasteiger partial charge in [0, 0.05) is 30.7 Å². The molecule has 6 N–H and O–H groups in total. The van der Waals surface area contributed by atoms with Gasteiger partial charge in [-0.15, -0.1) is 11.6 Å². The Hall–Kier alpha value is -1.19. The van der Waals surface area contributed by atoms with Gasteiger partial charge in [0.2, 0.25) is 5.91 Å². The average molecular weight is 565 g/mol. The van der Waals surface area contributed by atoms with Crippen LogP contribution < -0.4 is 22.1 Å². The van der Waals surface area contributed by atoms with Crippen molar-refractivity contribution in [2.75, 3.05) is 33.2 Å². The molecular weight excluding hydrogens is 512 g/mol. The minimum absolute atomic E-state index is 0.0428. The minimum Gasteiger partial charge on any atom is -0.491 e. The maximum Gasteiger partial charge on any atom is 0.228 e. The zero-order valence-electron chi connectivity index (χ0n) is 24.5. The lowest BCUT2D eigenvalue weighted by atomic mass is 9.69. The fourth-order valence-electron chi connectivity index (χ4n) is 7.26. The first kappa shape index (κ1) is 30.8. The van der Waals surface area contributed by atoms with Gasteiger partial charge in [0.1, 0.15) is 17.9 Å². The number of nitrogens with two attached hydrogens (primary N) is 2. The fourth-order valence-corrected chi connectivity index (χ4v) is 7.46. The Balaban J connectivity index is 1.55. The van der Waals surface area contributed by atoms with E-state index in [4.69, 9.17) is 27.8 Å². The van der Waals surface area contributed by atoms with E-state index in [0.29, 0.717) is 13.1 Å².